The van der Waals surface area contributed by atoms with Gasteiger partial charge in [-0.2, -0.15) is 58.8 Å². The van der Waals surface area contributed by atoms with Crippen LogP contribution < -0.4 is 63.8 Å². The third-order valence-electron chi connectivity index (χ3n) is 18.0. The number of carboxylic acid groups (broad SMARTS) is 2. The SMILES string of the molecule is CC(C)(C)CCCCCC(=O)NCCOCCNC(=O)CCSCC(C)(C)C.CC(C)(C)CSCCC(=O)NCCNC(=O)CC(C)(C)C.CC(C)(C)CSCCC(=O)NCCOCCNC(=O)C(C)(C)C.CC(C)(C)CSC[C@H](NC(=O)CC(C)(C)C)C(=O)O.CC(C)(C)CSC[C@H](NC(=O)CCOCCNC(=O)CC(C)(C)C)C(=O)NCCC(=O)O.C[C@H](C(=O)NCCNC(C)(C)C)C(C)(C)C. The Labute approximate surface area is 866 Å². The molecule has 0 fully saturated rings. The zero-order valence-corrected chi connectivity index (χ0v) is 98.4. The molecule has 30 nitrogen and oxygen atoms in total. The van der Waals surface area contributed by atoms with Crippen LogP contribution in [0.15, 0.2) is 0 Å². The number of carboxylic acids is 2. The molecule has 0 unspecified atom stereocenters. The number of hydrogen-bond donors (Lipinski definition) is 14. The van der Waals surface area contributed by atoms with Crippen molar-refractivity contribution < 1.29 is 86.8 Å². The smallest absolute Gasteiger partial charge is 0.327 e. The molecule has 139 heavy (non-hydrogen) atoms. The quantitative estimate of drug-likeness (QED) is 0.0252. The maximum absolute atomic E-state index is 12.4. The zero-order chi connectivity index (χ0) is 109. The molecule has 0 radical (unpaired) electrons. The summed E-state index contributed by atoms with van der Waals surface area (Å²) in [6, 6.07) is -1.55. The van der Waals surface area contributed by atoms with Crippen LogP contribution in [0.25, 0.3) is 0 Å². The number of ether oxygens (including phenoxy) is 3. The van der Waals surface area contributed by atoms with Gasteiger partial charge < -0.3 is 88.2 Å². The fourth-order valence-corrected chi connectivity index (χ4v) is 16.2. The molecule has 0 spiro atoms. The molecular weight excluding hydrogens is 1870 g/mol. The first kappa shape index (κ1) is 144. The summed E-state index contributed by atoms with van der Waals surface area (Å²) in [5.41, 5.74) is 1.07. The Bertz CT molecular complexity index is 3380. The third-order valence-corrected chi connectivity index (χ3v) is 26.0. The molecule has 3 atom stereocenters. The lowest BCUT2D eigenvalue weighted by atomic mass is 9.81. The van der Waals surface area contributed by atoms with Crippen molar-refractivity contribution in [3.05, 3.63) is 0 Å². The summed E-state index contributed by atoms with van der Waals surface area (Å²) in [5, 5.41) is 51.8. The van der Waals surface area contributed by atoms with E-state index >= 15 is 0 Å². The van der Waals surface area contributed by atoms with Crippen molar-refractivity contribution >= 4 is 136 Å². The van der Waals surface area contributed by atoms with Gasteiger partial charge in [0.25, 0.3) is 0 Å². The van der Waals surface area contributed by atoms with Gasteiger partial charge in [-0.15, -0.1) is 0 Å². The monoisotopic (exact) mass is 2070 g/mol. The minimum Gasteiger partial charge on any atom is -0.481 e. The van der Waals surface area contributed by atoms with Gasteiger partial charge in [0, 0.05) is 162 Å². The minimum atomic E-state index is -1.00. The molecular formula is C104H206N12O18S5. The van der Waals surface area contributed by atoms with E-state index < -0.39 is 29.9 Å². The van der Waals surface area contributed by atoms with Gasteiger partial charge in [0.2, 0.25) is 65.0 Å². The summed E-state index contributed by atoms with van der Waals surface area (Å²) >= 11 is 8.56. The van der Waals surface area contributed by atoms with E-state index in [9.17, 15) is 62.3 Å². The highest BCUT2D eigenvalue weighted by Crippen LogP contribution is 2.29. The van der Waals surface area contributed by atoms with Crippen molar-refractivity contribution in [2.75, 3.05) is 163 Å². The predicted octanol–water partition coefficient (Wildman–Crippen LogP) is 16.4. The van der Waals surface area contributed by atoms with E-state index in [0.29, 0.717) is 164 Å². The van der Waals surface area contributed by atoms with Gasteiger partial charge in [-0.25, -0.2) is 4.79 Å². The maximum Gasteiger partial charge on any atom is 0.327 e. The van der Waals surface area contributed by atoms with Gasteiger partial charge in [0.15, 0.2) is 0 Å². The standard InChI is InChI=1S/C22H41N3O6S.C22H44N2O3S.C17H34N2O3S.C16H32N2O2S.C14H27NO3S.C13H28N2O/c1-21(2,3)13-18(27)23-10-12-31-11-8-17(26)25-16(14-32-15-22(4,5)6)20(30)24-9-7-19(28)29;1-21(2,3)12-9-7-8-10-19(25)23-13-15-27-16-14-24-20(26)11-17-28-18-22(4,5)6;1-16(2,3)13-23-12-7-14(20)18-8-10-22-11-9-19-15(21)17(4,5)6;1-15(2,3)11-14(20)18-9-8-17-13(19)7-10-21-12-16(4,5)6;1-13(2,3)7-11(16)15-10(12(17)18)8-19-9-14(4,5)6;1-10(12(2,3)4)11(16)14-8-9-15-13(5,6)7/h16H,7-15H2,1-6H3,(H,23,27)(H,24,30)(H,25,26)(H,28,29);7-18H2,1-6H3,(H,23,25)(H,24,26);7-13H2,1-6H3,(H,18,20)(H,19,21);7-12H2,1-6H3,(H,17,19)(H,18,20);10H,7-9H2,1-6H3,(H,15,16)(H,17,18);10,15H,8-9H2,1-7H3,(H,14,16)/t16-;;;;2*10-/m0...01/s1. The molecule has 0 bridgehead atoms. The van der Waals surface area contributed by atoms with Crippen LogP contribution in [0.4, 0.5) is 0 Å². The lowest BCUT2D eigenvalue weighted by molar-refractivity contribution is -0.141. The molecule has 820 valence electrons. The fraction of sp³-hybridized carbons (Fsp3) is 0.875. The number of rotatable bonds is 58. The second-order valence-electron chi connectivity index (χ2n) is 49.3. The van der Waals surface area contributed by atoms with Crippen LogP contribution in [0.3, 0.4) is 0 Å². The highest BCUT2D eigenvalue weighted by Gasteiger charge is 2.29. The number of nitrogens with one attached hydrogen (secondary N) is 12. The maximum atomic E-state index is 12.4. The predicted molar refractivity (Wildman–Crippen MR) is 586 cm³/mol. The topological polar surface area (TPSA) is 434 Å². The first-order chi connectivity index (χ1) is 63.1. The molecule has 0 saturated heterocycles. The molecule has 0 heterocycles. The summed E-state index contributed by atoms with van der Waals surface area (Å²) < 4.78 is 16.2. The van der Waals surface area contributed by atoms with E-state index in [4.69, 9.17) is 24.4 Å². The number of hydrogen-bond acceptors (Lipinski definition) is 22. The van der Waals surface area contributed by atoms with Crippen molar-refractivity contribution in [2.45, 2.75) is 357 Å². The first-order valence-electron chi connectivity index (χ1n) is 50.0. The zero-order valence-electron chi connectivity index (χ0n) is 94.3. The Morgan fingerprint density at radius 3 is 0.942 bits per heavy atom. The van der Waals surface area contributed by atoms with E-state index in [1.54, 1.807) is 23.5 Å². The average molecular weight is 2070 g/mol. The van der Waals surface area contributed by atoms with Gasteiger partial charge in [-0.1, -0.05) is 248 Å². The lowest BCUT2D eigenvalue weighted by Gasteiger charge is -2.26. The fourth-order valence-electron chi connectivity index (χ4n) is 10.5. The van der Waals surface area contributed by atoms with Crippen molar-refractivity contribution in [3.63, 3.8) is 0 Å². The summed E-state index contributed by atoms with van der Waals surface area (Å²) in [5.74, 6) is 5.81. The molecule has 0 aliphatic rings. The van der Waals surface area contributed by atoms with Crippen LogP contribution in [0.1, 0.15) is 340 Å². The molecule has 0 aliphatic heterocycles. The van der Waals surface area contributed by atoms with Crippen molar-refractivity contribution in [1.82, 2.24) is 63.8 Å². The minimum absolute atomic E-state index is 0.00237. The van der Waals surface area contributed by atoms with Crippen LogP contribution in [-0.4, -0.2) is 267 Å². The Balaban J connectivity index is -0.000000387. The summed E-state index contributed by atoms with van der Waals surface area (Å²) in [4.78, 5) is 152. The molecule has 0 aliphatic carbocycles. The second-order valence-corrected chi connectivity index (χ2v) is 54.7. The molecule has 0 aromatic heterocycles. The molecule has 11 amide bonds. The van der Waals surface area contributed by atoms with E-state index in [-0.39, 0.29) is 134 Å². The summed E-state index contributed by atoms with van der Waals surface area (Å²) in [6.45, 7) is 84.5. The number of amides is 11. The summed E-state index contributed by atoms with van der Waals surface area (Å²) in [7, 11) is 0. The molecule has 35 heteroatoms. The van der Waals surface area contributed by atoms with E-state index in [1.165, 1.54) is 12.8 Å². The molecule has 0 saturated carbocycles. The van der Waals surface area contributed by atoms with E-state index in [2.05, 4.69) is 230 Å². The van der Waals surface area contributed by atoms with Gasteiger partial charge in [0.05, 0.1) is 46.1 Å². The van der Waals surface area contributed by atoms with Gasteiger partial charge in [-0.05, 0) is 117 Å². The van der Waals surface area contributed by atoms with Crippen LogP contribution in [0.2, 0.25) is 0 Å². The number of carbonyl (C=O) groups is 13. The Hall–Kier alpha value is -5.30. The van der Waals surface area contributed by atoms with Crippen LogP contribution >= 0.6 is 58.8 Å². The van der Waals surface area contributed by atoms with E-state index in [0.717, 1.165) is 65.4 Å². The Morgan fingerprint density at radius 1 is 0.281 bits per heavy atom. The van der Waals surface area contributed by atoms with Crippen LogP contribution in [0.5, 0.6) is 0 Å². The highest BCUT2D eigenvalue weighted by molar-refractivity contribution is 8.00. The highest BCUT2D eigenvalue weighted by atomic mass is 32.2. The molecule has 14 N–H and O–H groups in total. The van der Waals surface area contributed by atoms with Gasteiger partial charge in [-0.3, -0.25) is 57.5 Å². The van der Waals surface area contributed by atoms with E-state index in [1.807, 2.05) is 125 Å². The van der Waals surface area contributed by atoms with Crippen molar-refractivity contribution in [3.8, 4) is 0 Å². The number of thioether (sulfide) groups is 5. The second kappa shape index (κ2) is 76.3. The molecule has 0 rings (SSSR count). The van der Waals surface area contributed by atoms with Crippen LogP contribution in [0, 0.1) is 65.5 Å². The number of unbranched alkanes of at least 4 members (excludes halogenated alkanes) is 2. The molecule has 0 aromatic rings. The van der Waals surface area contributed by atoms with Crippen molar-refractivity contribution in [1.29, 1.82) is 0 Å². The van der Waals surface area contributed by atoms with Crippen LogP contribution in [-0.2, 0) is 76.5 Å². The van der Waals surface area contributed by atoms with Gasteiger partial charge in [0.1, 0.15) is 12.1 Å². The Morgan fingerprint density at radius 2 is 0.597 bits per heavy atom. The largest absolute Gasteiger partial charge is 0.481 e. The number of carbonyl (C=O) groups excluding carboxylic acids is 11. The normalized spacial score (nSPS) is 12.8. The lowest BCUT2D eigenvalue weighted by Crippen LogP contribution is -2.49. The number of aliphatic carboxylic acids is 2. The third kappa shape index (κ3) is 118. The summed E-state index contributed by atoms with van der Waals surface area (Å²) in [6.07, 6.45) is 7.83. The Kier molecular flexibility index (Phi) is 79.2. The molecule has 0 aromatic carbocycles. The average Bonchev–Trinajstić information content (AvgIpc) is 0.883. The first-order valence-corrected chi connectivity index (χ1v) is 55.8. The van der Waals surface area contributed by atoms with Crippen molar-refractivity contribution in [2.24, 2.45) is 65.5 Å². The van der Waals surface area contributed by atoms with Gasteiger partial charge >= 0.3 is 11.9 Å².